The maximum Gasteiger partial charge on any atom is 0.133 e. The molecule has 1 aromatic rings. The zero-order valence-corrected chi connectivity index (χ0v) is 5.98. The second-order valence-electron chi connectivity index (χ2n) is 2.20. The third-order valence-corrected chi connectivity index (χ3v) is 1.32. The monoisotopic (exact) mass is 139 g/mol. The highest BCUT2D eigenvalue weighted by atomic mass is 16.3. The Kier molecular flexibility index (Phi) is 1.80. The minimum absolute atomic E-state index is 0.332. The van der Waals surface area contributed by atoms with Gasteiger partial charge in [-0.1, -0.05) is 5.18 Å². The molecule has 4 heteroatoms. The second kappa shape index (κ2) is 2.60. The Morgan fingerprint density at radius 2 is 2.50 bits per heavy atom. The van der Waals surface area contributed by atoms with E-state index < -0.39 is 0 Å². The van der Waals surface area contributed by atoms with Gasteiger partial charge < -0.3 is 0 Å². The normalized spacial score (nSPS) is 13.0. The van der Waals surface area contributed by atoms with Gasteiger partial charge in [-0.05, 0) is 13.0 Å². The van der Waals surface area contributed by atoms with Gasteiger partial charge in [-0.3, -0.25) is 4.68 Å². The van der Waals surface area contributed by atoms with Crippen LogP contribution in [0.4, 0.5) is 0 Å². The van der Waals surface area contributed by atoms with Crippen LogP contribution in [0.3, 0.4) is 0 Å². The van der Waals surface area contributed by atoms with E-state index in [-0.39, 0.29) is 6.04 Å². The average Bonchev–Trinajstić information content (AvgIpc) is 2.34. The zero-order chi connectivity index (χ0) is 7.56. The van der Waals surface area contributed by atoms with Crippen LogP contribution < -0.4 is 0 Å². The molecular formula is C6H9N3O. The lowest BCUT2D eigenvalue weighted by molar-refractivity contribution is 0.697. The van der Waals surface area contributed by atoms with Crippen LogP contribution in [0.15, 0.2) is 17.4 Å². The third-order valence-electron chi connectivity index (χ3n) is 1.32. The molecule has 1 unspecified atom stereocenters. The Morgan fingerprint density at radius 1 is 1.80 bits per heavy atom. The Hall–Kier alpha value is -1.19. The molecule has 0 saturated carbocycles. The summed E-state index contributed by atoms with van der Waals surface area (Å²) in [5.41, 5.74) is 0.720. The fraction of sp³-hybridized carbons (Fsp3) is 0.500. The summed E-state index contributed by atoms with van der Waals surface area (Å²) in [5.74, 6) is 0. The van der Waals surface area contributed by atoms with E-state index in [9.17, 15) is 4.91 Å². The predicted octanol–water partition coefficient (Wildman–Crippen LogP) is 1.25. The summed E-state index contributed by atoms with van der Waals surface area (Å²) in [6.07, 6.45) is 1.79. The van der Waals surface area contributed by atoms with Crippen LogP contribution in [-0.2, 0) is 7.05 Å². The molecule has 0 aromatic carbocycles. The summed E-state index contributed by atoms with van der Waals surface area (Å²) in [4.78, 5) is 10.0. The van der Waals surface area contributed by atoms with Crippen molar-refractivity contribution in [3.63, 3.8) is 0 Å². The van der Waals surface area contributed by atoms with Gasteiger partial charge in [-0.2, -0.15) is 10.0 Å². The Labute approximate surface area is 58.8 Å². The van der Waals surface area contributed by atoms with Crippen molar-refractivity contribution in [1.29, 1.82) is 0 Å². The summed E-state index contributed by atoms with van der Waals surface area (Å²) in [6.45, 7) is 1.72. The first-order chi connectivity index (χ1) is 4.74. The van der Waals surface area contributed by atoms with E-state index in [1.807, 2.05) is 0 Å². The first-order valence-electron chi connectivity index (χ1n) is 3.06. The smallest absolute Gasteiger partial charge is 0.133 e. The molecule has 4 nitrogen and oxygen atoms in total. The number of hydrogen-bond donors (Lipinski definition) is 0. The molecule has 0 saturated heterocycles. The molecular weight excluding hydrogens is 130 g/mol. The van der Waals surface area contributed by atoms with Crippen LogP contribution in [0.25, 0.3) is 0 Å². The quantitative estimate of drug-likeness (QED) is 0.579. The van der Waals surface area contributed by atoms with Crippen molar-refractivity contribution >= 4 is 0 Å². The molecule has 0 radical (unpaired) electrons. The fourth-order valence-corrected chi connectivity index (χ4v) is 0.710. The van der Waals surface area contributed by atoms with Gasteiger partial charge >= 0.3 is 0 Å². The van der Waals surface area contributed by atoms with Gasteiger partial charge in [0.1, 0.15) is 6.04 Å². The average molecular weight is 139 g/mol. The van der Waals surface area contributed by atoms with Gasteiger partial charge in [0.15, 0.2) is 0 Å². The summed E-state index contributed by atoms with van der Waals surface area (Å²) in [6, 6.07) is 1.45. The molecule has 1 atom stereocenters. The zero-order valence-electron chi connectivity index (χ0n) is 5.98. The van der Waals surface area contributed by atoms with E-state index in [2.05, 4.69) is 10.3 Å². The summed E-state index contributed by atoms with van der Waals surface area (Å²) < 4.78 is 1.65. The minimum Gasteiger partial charge on any atom is -0.275 e. The molecule has 54 valence electrons. The maximum absolute atomic E-state index is 10.0. The SMILES string of the molecule is CC(N=O)c1ccn(C)n1. The lowest BCUT2D eigenvalue weighted by Crippen LogP contribution is -1.93. The lowest BCUT2D eigenvalue weighted by atomic mass is 10.3. The summed E-state index contributed by atoms with van der Waals surface area (Å²) in [7, 11) is 1.81. The van der Waals surface area contributed by atoms with Crippen molar-refractivity contribution in [2.45, 2.75) is 13.0 Å². The van der Waals surface area contributed by atoms with Gasteiger partial charge in [-0.25, -0.2) is 0 Å². The fourth-order valence-electron chi connectivity index (χ4n) is 0.710. The maximum atomic E-state index is 10.0. The highest BCUT2D eigenvalue weighted by Crippen LogP contribution is 2.11. The molecule has 0 amide bonds. The predicted molar refractivity (Wildman–Crippen MR) is 37.4 cm³/mol. The molecule has 0 aliphatic heterocycles. The molecule has 0 aliphatic carbocycles. The number of nitroso groups, excluding NO2 is 1. The van der Waals surface area contributed by atoms with E-state index in [0.29, 0.717) is 0 Å². The number of hydrogen-bond acceptors (Lipinski definition) is 3. The van der Waals surface area contributed by atoms with Gasteiger partial charge in [-0.15, -0.1) is 0 Å². The minimum atomic E-state index is -0.332. The van der Waals surface area contributed by atoms with E-state index >= 15 is 0 Å². The Bertz CT molecular complexity index is 231. The number of nitrogens with zero attached hydrogens (tertiary/aromatic N) is 3. The Morgan fingerprint density at radius 3 is 2.90 bits per heavy atom. The standard InChI is InChI=1S/C6H9N3O/c1-5(8-10)6-3-4-9(2)7-6/h3-5H,1-2H3. The van der Waals surface area contributed by atoms with Gasteiger partial charge in [0.05, 0.1) is 5.69 Å². The van der Waals surface area contributed by atoms with Crippen molar-refractivity contribution in [2.24, 2.45) is 12.2 Å². The molecule has 0 fully saturated rings. The molecule has 0 bridgehead atoms. The van der Waals surface area contributed by atoms with Crippen LogP contribution >= 0.6 is 0 Å². The highest BCUT2D eigenvalue weighted by Gasteiger charge is 2.06. The topological polar surface area (TPSA) is 47.2 Å². The van der Waals surface area contributed by atoms with Crippen molar-refractivity contribution in [3.8, 4) is 0 Å². The number of aryl methyl sites for hydroxylation is 1. The summed E-state index contributed by atoms with van der Waals surface area (Å²) >= 11 is 0. The molecule has 0 aliphatic rings. The van der Waals surface area contributed by atoms with E-state index in [1.165, 1.54) is 0 Å². The van der Waals surface area contributed by atoms with Gasteiger partial charge in [0.25, 0.3) is 0 Å². The largest absolute Gasteiger partial charge is 0.275 e. The van der Waals surface area contributed by atoms with Crippen molar-refractivity contribution in [3.05, 3.63) is 22.9 Å². The van der Waals surface area contributed by atoms with Crippen molar-refractivity contribution in [1.82, 2.24) is 9.78 Å². The molecule has 0 N–H and O–H groups in total. The lowest BCUT2D eigenvalue weighted by Gasteiger charge is -1.93. The molecule has 1 heterocycles. The van der Waals surface area contributed by atoms with Crippen LogP contribution in [0.1, 0.15) is 18.7 Å². The van der Waals surface area contributed by atoms with Crippen LogP contribution in [0, 0.1) is 4.91 Å². The van der Waals surface area contributed by atoms with E-state index in [0.717, 1.165) is 5.69 Å². The first kappa shape index (κ1) is 6.92. The molecule has 1 aromatic heterocycles. The van der Waals surface area contributed by atoms with Crippen molar-refractivity contribution in [2.75, 3.05) is 0 Å². The van der Waals surface area contributed by atoms with E-state index in [1.54, 1.807) is 30.9 Å². The number of rotatable bonds is 2. The second-order valence-corrected chi connectivity index (χ2v) is 2.20. The molecule has 1 rings (SSSR count). The van der Waals surface area contributed by atoms with E-state index in [4.69, 9.17) is 0 Å². The molecule has 10 heavy (non-hydrogen) atoms. The van der Waals surface area contributed by atoms with Crippen molar-refractivity contribution < 1.29 is 0 Å². The highest BCUT2D eigenvalue weighted by molar-refractivity contribution is 5.03. The molecule has 0 spiro atoms. The number of aromatic nitrogens is 2. The van der Waals surface area contributed by atoms with Crippen LogP contribution in [0.5, 0.6) is 0 Å². The van der Waals surface area contributed by atoms with Gasteiger partial charge in [0, 0.05) is 13.2 Å². The van der Waals surface area contributed by atoms with Crippen LogP contribution in [0.2, 0.25) is 0 Å². The van der Waals surface area contributed by atoms with Gasteiger partial charge in [0.2, 0.25) is 0 Å². The first-order valence-corrected chi connectivity index (χ1v) is 3.06. The van der Waals surface area contributed by atoms with Crippen LogP contribution in [-0.4, -0.2) is 9.78 Å². The summed E-state index contributed by atoms with van der Waals surface area (Å²) in [5, 5.41) is 6.85. The third kappa shape index (κ3) is 1.21. The Balaban J connectivity index is 2.84.